The topological polar surface area (TPSA) is 29.3 Å². The van der Waals surface area contributed by atoms with Crippen LogP contribution in [0.2, 0.25) is 5.02 Å². The molecule has 2 N–H and O–H groups in total. The summed E-state index contributed by atoms with van der Waals surface area (Å²) >= 11 is 13.2. The maximum Gasteiger partial charge on any atom is 0.107 e. The van der Waals surface area contributed by atoms with Gasteiger partial charge in [0.15, 0.2) is 0 Å². The van der Waals surface area contributed by atoms with Crippen molar-refractivity contribution >= 4 is 45.8 Å². The summed E-state index contributed by atoms with van der Waals surface area (Å²) in [6.45, 7) is 1.87. The van der Waals surface area contributed by atoms with Crippen molar-refractivity contribution in [3.63, 3.8) is 0 Å². The van der Waals surface area contributed by atoms with Crippen LogP contribution in [0, 0.1) is 0 Å². The molecule has 0 aliphatic carbocycles. The van der Waals surface area contributed by atoms with Gasteiger partial charge in [-0.3, -0.25) is 0 Å². The highest BCUT2D eigenvalue weighted by Gasteiger charge is 2.21. The van der Waals surface area contributed by atoms with Crippen LogP contribution < -0.4 is 10.6 Å². The molecule has 0 atom stereocenters. The maximum atomic E-state index is 6.23. The molecular formula is C14H13ClN2S2. The lowest BCUT2D eigenvalue weighted by atomic mass is 10.1. The Hall–Kier alpha value is -1.10. The molecule has 2 aromatic rings. The molecule has 3 rings (SSSR count). The van der Waals surface area contributed by atoms with Crippen molar-refractivity contribution in [2.45, 2.75) is 13.0 Å². The number of rotatable bonds is 2. The van der Waals surface area contributed by atoms with Gasteiger partial charge in [0.2, 0.25) is 0 Å². The van der Waals surface area contributed by atoms with Crippen LogP contribution in [0.25, 0.3) is 0 Å². The van der Waals surface area contributed by atoms with Crippen molar-refractivity contribution in [3.8, 4) is 0 Å². The number of nitrogens with zero attached hydrogens (tertiary/aromatic N) is 1. The molecule has 1 aliphatic rings. The van der Waals surface area contributed by atoms with Crippen LogP contribution >= 0.6 is 35.2 Å². The van der Waals surface area contributed by atoms with E-state index in [4.69, 9.17) is 29.6 Å². The zero-order chi connectivity index (χ0) is 13.4. The Labute approximate surface area is 126 Å². The van der Waals surface area contributed by atoms with E-state index in [2.05, 4.69) is 16.3 Å². The predicted molar refractivity (Wildman–Crippen MR) is 86.4 cm³/mol. The molecule has 19 heavy (non-hydrogen) atoms. The highest BCUT2D eigenvalue weighted by Crippen LogP contribution is 2.32. The van der Waals surface area contributed by atoms with Crippen LogP contribution in [0.15, 0.2) is 29.6 Å². The van der Waals surface area contributed by atoms with E-state index >= 15 is 0 Å². The van der Waals surface area contributed by atoms with E-state index < -0.39 is 0 Å². The fourth-order valence-corrected chi connectivity index (χ4v) is 3.91. The molecule has 0 radical (unpaired) electrons. The second kappa shape index (κ2) is 5.12. The molecule has 1 aromatic carbocycles. The number of anilines is 1. The monoisotopic (exact) mass is 308 g/mol. The zero-order valence-corrected chi connectivity index (χ0v) is 12.6. The molecule has 2 heterocycles. The largest absolute Gasteiger partial charge is 0.389 e. The number of thiophene rings is 1. The predicted octanol–water partition coefficient (Wildman–Crippen LogP) is 3.60. The molecule has 0 spiro atoms. The van der Waals surface area contributed by atoms with Gasteiger partial charge in [0.05, 0.1) is 10.6 Å². The summed E-state index contributed by atoms with van der Waals surface area (Å²) in [5.74, 6) is 0. The van der Waals surface area contributed by atoms with E-state index in [9.17, 15) is 0 Å². The Balaban J connectivity index is 2.00. The Morgan fingerprint density at radius 1 is 1.37 bits per heavy atom. The summed E-state index contributed by atoms with van der Waals surface area (Å²) in [4.78, 5) is 4.14. The van der Waals surface area contributed by atoms with E-state index in [1.165, 1.54) is 10.4 Å². The van der Waals surface area contributed by atoms with Crippen LogP contribution in [0.5, 0.6) is 0 Å². The van der Waals surface area contributed by atoms with Gasteiger partial charge in [-0.1, -0.05) is 29.9 Å². The molecule has 0 saturated heterocycles. The molecule has 98 valence electrons. The van der Waals surface area contributed by atoms with Gasteiger partial charge in [-0.2, -0.15) is 0 Å². The van der Waals surface area contributed by atoms with Gasteiger partial charge in [0.25, 0.3) is 0 Å². The minimum atomic E-state index is 0.358. The molecule has 0 amide bonds. The highest BCUT2D eigenvalue weighted by atomic mass is 35.5. The van der Waals surface area contributed by atoms with E-state index in [1.54, 1.807) is 0 Å². The van der Waals surface area contributed by atoms with Gasteiger partial charge < -0.3 is 10.6 Å². The highest BCUT2D eigenvalue weighted by molar-refractivity contribution is 7.80. The molecule has 1 aromatic heterocycles. The van der Waals surface area contributed by atoms with Crippen LogP contribution in [0.3, 0.4) is 0 Å². The zero-order valence-electron chi connectivity index (χ0n) is 10.2. The van der Waals surface area contributed by atoms with Gasteiger partial charge in [-0.15, -0.1) is 11.3 Å². The second-order valence-corrected chi connectivity index (χ2v) is 6.39. The molecule has 1 aliphatic heterocycles. The lowest BCUT2D eigenvalue weighted by Gasteiger charge is -2.30. The van der Waals surface area contributed by atoms with Gasteiger partial charge in [-0.05, 0) is 35.6 Å². The Morgan fingerprint density at radius 2 is 2.21 bits per heavy atom. The van der Waals surface area contributed by atoms with Gasteiger partial charge >= 0.3 is 0 Å². The van der Waals surface area contributed by atoms with Crippen molar-refractivity contribution in [1.82, 2.24) is 0 Å². The number of thiocarbonyl (C=S) groups is 1. The second-order valence-electron chi connectivity index (χ2n) is 4.54. The van der Waals surface area contributed by atoms with Crippen LogP contribution in [0.4, 0.5) is 5.69 Å². The first-order valence-corrected chi connectivity index (χ1v) is 7.72. The summed E-state index contributed by atoms with van der Waals surface area (Å²) in [5.41, 5.74) is 9.04. The average molecular weight is 309 g/mol. The van der Waals surface area contributed by atoms with E-state index in [0.29, 0.717) is 10.0 Å². The third-order valence-electron chi connectivity index (χ3n) is 3.39. The minimum Gasteiger partial charge on any atom is -0.389 e. The molecule has 0 saturated carbocycles. The first kappa shape index (κ1) is 12.9. The average Bonchev–Trinajstić information content (AvgIpc) is 2.85. The van der Waals surface area contributed by atoms with Crippen LogP contribution in [-0.4, -0.2) is 11.5 Å². The maximum absolute atomic E-state index is 6.23. The van der Waals surface area contributed by atoms with Crippen molar-refractivity contribution < 1.29 is 0 Å². The summed E-state index contributed by atoms with van der Waals surface area (Å²) in [6, 6.07) is 8.01. The van der Waals surface area contributed by atoms with Crippen molar-refractivity contribution in [2.75, 3.05) is 11.4 Å². The standard InChI is InChI=1S/C14H13ClN2S2/c15-10-2-1-3-11(13(10)14(16)18)17-6-4-12-9(8-17)5-7-19-12/h1-3,5,7H,4,6,8H2,(H2,16,18). The third-order valence-corrected chi connectivity index (χ3v) is 4.93. The van der Waals surface area contributed by atoms with Gasteiger partial charge in [-0.25, -0.2) is 0 Å². The number of nitrogens with two attached hydrogens (primary N) is 1. The van der Waals surface area contributed by atoms with E-state index in [1.807, 2.05) is 29.5 Å². The Morgan fingerprint density at radius 3 is 3.00 bits per heavy atom. The smallest absolute Gasteiger partial charge is 0.107 e. The molecule has 2 nitrogen and oxygen atoms in total. The van der Waals surface area contributed by atoms with Gasteiger partial charge in [0, 0.05) is 23.7 Å². The number of benzene rings is 1. The fourth-order valence-electron chi connectivity index (χ4n) is 2.47. The minimum absolute atomic E-state index is 0.358. The quantitative estimate of drug-likeness (QED) is 0.860. The summed E-state index contributed by atoms with van der Waals surface area (Å²) in [6.07, 6.45) is 1.07. The molecule has 0 bridgehead atoms. The Bertz CT molecular complexity index is 636. The van der Waals surface area contributed by atoms with Crippen molar-refractivity contribution in [2.24, 2.45) is 5.73 Å². The lowest BCUT2D eigenvalue weighted by Crippen LogP contribution is -2.31. The SMILES string of the molecule is NC(=S)c1c(Cl)cccc1N1CCc2sccc2C1. The third kappa shape index (κ3) is 2.36. The molecule has 0 fully saturated rings. The van der Waals surface area contributed by atoms with Crippen molar-refractivity contribution in [1.29, 1.82) is 0 Å². The number of hydrogen-bond acceptors (Lipinski definition) is 3. The van der Waals surface area contributed by atoms with E-state index in [-0.39, 0.29) is 0 Å². The van der Waals surface area contributed by atoms with Gasteiger partial charge in [0.1, 0.15) is 4.99 Å². The van der Waals surface area contributed by atoms with Crippen molar-refractivity contribution in [3.05, 3.63) is 50.7 Å². The fraction of sp³-hybridized carbons (Fsp3) is 0.214. The number of halogens is 1. The summed E-state index contributed by atoms with van der Waals surface area (Å²) < 4.78 is 0. The first-order valence-electron chi connectivity index (χ1n) is 6.05. The number of hydrogen-bond donors (Lipinski definition) is 1. The number of fused-ring (bicyclic) bond motifs is 1. The lowest BCUT2D eigenvalue weighted by molar-refractivity contribution is 0.743. The first-order chi connectivity index (χ1) is 9.16. The normalized spacial score (nSPS) is 14.3. The Kier molecular flexibility index (Phi) is 3.48. The molecule has 0 unspecified atom stereocenters. The summed E-state index contributed by atoms with van der Waals surface area (Å²) in [7, 11) is 0. The van der Waals surface area contributed by atoms with E-state index in [0.717, 1.165) is 30.8 Å². The van der Waals surface area contributed by atoms with Crippen LogP contribution in [-0.2, 0) is 13.0 Å². The molecule has 5 heteroatoms. The van der Waals surface area contributed by atoms with Crippen LogP contribution in [0.1, 0.15) is 16.0 Å². The summed E-state index contributed by atoms with van der Waals surface area (Å²) in [5, 5.41) is 2.78. The molecular weight excluding hydrogens is 296 g/mol.